The Balaban J connectivity index is 1.52. The third-order valence-electron chi connectivity index (χ3n) is 5.00. The molecule has 1 aliphatic rings. The van der Waals surface area contributed by atoms with Crippen LogP contribution in [-0.4, -0.2) is 54.4 Å². The minimum atomic E-state index is -4.68. The van der Waals surface area contributed by atoms with Gasteiger partial charge in [-0.1, -0.05) is 11.6 Å². The van der Waals surface area contributed by atoms with E-state index in [9.17, 15) is 32.9 Å². The van der Waals surface area contributed by atoms with Gasteiger partial charge < -0.3 is 4.90 Å². The molecule has 0 bridgehead atoms. The highest BCUT2D eigenvalue weighted by atomic mass is 35.5. The van der Waals surface area contributed by atoms with Gasteiger partial charge in [0.2, 0.25) is 0 Å². The van der Waals surface area contributed by atoms with Crippen LogP contribution in [0.1, 0.15) is 15.9 Å². The molecule has 0 radical (unpaired) electrons. The van der Waals surface area contributed by atoms with Crippen LogP contribution in [0, 0.1) is 10.1 Å². The number of nitrogens with zero attached hydrogens (tertiary/aromatic N) is 3. The van der Waals surface area contributed by atoms with Crippen LogP contribution < -0.4 is 15.8 Å². The Morgan fingerprint density at radius 3 is 2.24 bits per heavy atom. The third-order valence-corrected chi connectivity index (χ3v) is 5.25. The predicted octanol–water partition coefficient (Wildman–Crippen LogP) is 2.85. The molecule has 176 valence electrons. The highest BCUT2D eigenvalue weighted by Crippen LogP contribution is 2.36. The number of nitro benzene ring substituents is 1. The molecule has 0 aliphatic carbocycles. The number of carbonyl (C=O) groups is 2. The van der Waals surface area contributed by atoms with Crippen molar-refractivity contribution < 1.29 is 27.7 Å². The number of hydrogen-bond donors (Lipinski definition) is 2. The molecule has 0 saturated carbocycles. The number of hydrazine groups is 1. The molecule has 33 heavy (non-hydrogen) atoms. The van der Waals surface area contributed by atoms with Crippen LogP contribution in [0.25, 0.3) is 0 Å². The summed E-state index contributed by atoms with van der Waals surface area (Å²) in [6, 6.07) is 8.52. The van der Waals surface area contributed by atoms with Gasteiger partial charge in [-0.2, -0.15) is 13.2 Å². The number of anilines is 1. The molecule has 0 aromatic heterocycles. The van der Waals surface area contributed by atoms with Gasteiger partial charge in [0.1, 0.15) is 5.69 Å². The van der Waals surface area contributed by atoms with Gasteiger partial charge in [-0.15, -0.1) is 0 Å². The summed E-state index contributed by atoms with van der Waals surface area (Å²) in [4.78, 5) is 38.0. The van der Waals surface area contributed by atoms with Crippen LogP contribution in [0.3, 0.4) is 0 Å². The largest absolute Gasteiger partial charge is 0.416 e. The molecule has 1 fully saturated rings. The monoisotopic (exact) mass is 485 g/mol. The molecule has 3 rings (SSSR count). The fourth-order valence-corrected chi connectivity index (χ4v) is 3.43. The summed E-state index contributed by atoms with van der Waals surface area (Å²) >= 11 is 5.76. The Morgan fingerprint density at radius 1 is 1.03 bits per heavy atom. The maximum Gasteiger partial charge on any atom is 0.416 e. The number of nitro groups is 1. The van der Waals surface area contributed by atoms with Crippen molar-refractivity contribution in [1.82, 2.24) is 15.8 Å². The molecule has 9 nitrogen and oxygen atoms in total. The van der Waals surface area contributed by atoms with Crippen LogP contribution in [0.2, 0.25) is 5.02 Å². The molecule has 0 unspecified atom stereocenters. The van der Waals surface area contributed by atoms with E-state index in [0.29, 0.717) is 29.7 Å². The van der Waals surface area contributed by atoms with Gasteiger partial charge in [-0.05, 0) is 36.4 Å². The van der Waals surface area contributed by atoms with Crippen LogP contribution >= 0.6 is 11.6 Å². The quantitative estimate of drug-likeness (QED) is 0.498. The van der Waals surface area contributed by atoms with Crippen molar-refractivity contribution in [2.24, 2.45) is 0 Å². The molecule has 2 amide bonds. The predicted molar refractivity (Wildman–Crippen MR) is 114 cm³/mol. The van der Waals surface area contributed by atoms with E-state index in [4.69, 9.17) is 11.6 Å². The van der Waals surface area contributed by atoms with Gasteiger partial charge >= 0.3 is 6.18 Å². The second-order valence-corrected chi connectivity index (χ2v) is 7.67. The lowest BCUT2D eigenvalue weighted by Gasteiger charge is -2.35. The van der Waals surface area contributed by atoms with Crippen molar-refractivity contribution >= 4 is 34.8 Å². The second-order valence-electron chi connectivity index (χ2n) is 7.23. The fraction of sp³-hybridized carbons (Fsp3) is 0.300. The smallest absolute Gasteiger partial charge is 0.363 e. The maximum atomic E-state index is 12.9. The number of nitrogens with one attached hydrogen (secondary N) is 2. The Bertz CT molecular complexity index is 1040. The lowest BCUT2D eigenvalue weighted by molar-refractivity contribution is -0.384. The van der Waals surface area contributed by atoms with Crippen molar-refractivity contribution in [2.45, 2.75) is 6.18 Å². The number of hydrogen-bond acceptors (Lipinski definition) is 6. The molecule has 0 atom stereocenters. The van der Waals surface area contributed by atoms with Crippen molar-refractivity contribution in [2.75, 3.05) is 37.6 Å². The Hall–Kier alpha value is -3.38. The second kappa shape index (κ2) is 10.0. The zero-order chi connectivity index (χ0) is 24.2. The summed E-state index contributed by atoms with van der Waals surface area (Å²) in [6.45, 7) is 1.20. The van der Waals surface area contributed by atoms with Crippen molar-refractivity contribution in [3.8, 4) is 0 Å². The van der Waals surface area contributed by atoms with Crippen molar-refractivity contribution in [3.63, 3.8) is 0 Å². The van der Waals surface area contributed by atoms with Crippen molar-refractivity contribution in [1.29, 1.82) is 0 Å². The highest BCUT2D eigenvalue weighted by molar-refractivity contribution is 6.30. The molecule has 1 aliphatic heterocycles. The first kappa shape index (κ1) is 24.3. The van der Waals surface area contributed by atoms with Crippen LogP contribution in [0.15, 0.2) is 42.5 Å². The Labute approximate surface area is 191 Å². The fourth-order valence-electron chi connectivity index (χ4n) is 3.30. The topological polar surface area (TPSA) is 108 Å². The van der Waals surface area contributed by atoms with Gasteiger partial charge in [-0.3, -0.25) is 35.5 Å². The molecule has 2 aromatic carbocycles. The summed E-state index contributed by atoms with van der Waals surface area (Å²) in [6.07, 6.45) is -4.68. The summed E-state index contributed by atoms with van der Waals surface area (Å²) in [7, 11) is 0. The first-order valence-corrected chi connectivity index (χ1v) is 10.1. The first-order chi connectivity index (χ1) is 15.5. The zero-order valence-electron chi connectivity index (χ0n) is 17.1. The van der Waals surface area contributed by atoms with Gasteiger partial charge in [0.05, 0.1) is 17.0 Å². The van der Waals surface area contributed by atoms with E-state index in [1.54, 1.807) is 21.9 Å². The Kier molecular flexibility index (Phi) is 7.39. The first-order valence-electron chi connectivity index (χ1n) is 9.72. The normalized spacial score (nSPS) is 14.6. The van der Waals surface area contributed by atoms with Crippen molar-refractivity contribution in [3.05, 3.63) is 68.7 Å². The van der Waals surface area contributed by atoms with E-state index in [1.807, 2.05) is 0 Å². The molecule has 1 saturated heterocycles. The average molecular weight is 486 g/mol. The molecule has 0 spiro atoms. The zero-order valence-corrected chi connectivity index (χ0v) is 17.8. The lowest BCUT2D eigenvalue weighted by atomic mass is 10.1. The standard InChI is InChI=1S/C20H19ClF3N5O4/c21-15-4-1-13(2-5-15)19(31)26-25-18(30)12-27-7-9-28(10-8-27)16-6-3-14(20(22,23)24)11-17(16)29(32)33/h1-6,11H,7-10,12H2,(H,25,30)(H,26,31). The SMILES string of the molecule is O=C(CN1CCN(c2ccc(C(F)(F)F)cc2[N+](=O)[O-])CC1)NNC(=O)c1ccc(Cl)cc1. The number of piperazine rings is 1. The summed E-state index contributed by atoms with van der Waals surface area (Å²) in [5, 5.41) is 11.8. The van der Waals surface area contributed by atoms with E-state index < -0.39 is 34.2 Å². The number of rotatable bonds is 5. The maximum absolute atomic E-state index is 12.9. The van der Waals surface area contributed by atoms with E-state index in [1.165, 1.54) is 12.1 Å². The van der Waals surface area contributed by atoms with Crippen LogP contribution in [0.4, 0.5) is 24.5 Å². The lowest BCUT2D eigenvalue weighted by Crippen LogP contribution is -2.52. The minimum Gasteiger partial charge on any atom is -0.363 e. The number of alkyl halides is 3. The van der Waals surface area contributed by atoms with E-state index in [0.717, 1.165) is 12.1 Å². The Morgan fingerprint density at radius 2 is 1.67 bits per heavy atom. The molecular formula is C20H19ClF3N5O4. The number of benzene rings is 2. The van der Waals surface area contributed by atoms with E-state index in [-0.39, 0.29) is 25.3 Å². The third kappa shape index (κ3) is 6.33. The average Bonchev–Trinajstić information content (AvgIpc) is 2.77. The van der Waals surface area contributed by atoms with Gasteiger partial charge in [0, 0.05) is 42.8 Å². The molecule has 1 heterocycles. The van der Waals surface area contributed by atoms with E-state index in [2.05, 4.69) is 10.9 Å². The molecule has 13 heteroatoms. The van der Waals surface area contributed by atoms with Gasteiger partial charge in [0.15, 0.2) is 0 Å². The summed E-state index contributed by atoms with van der Waals surface area (Å²) in [5.41, 5.74) is 3.29. The van der Waals surface area contributed by atoms with E-state index >= 15 is 0 Å². The number of carbonyl (C=O) groups excluding carboxylic acids is 2. The number of halogens is 4. The molecule has 2 aromatic rings. The molecular weight excluding hydrogens is 467 g/mol. The van der Waals surface area contributed by atoms with Crippen LogP contribution in [0.5, 0.6) is 0 Å². The minimum absolute atomic E-state index is 0.0379. The van der Waals surface area contributed by atoms with Gasteiger partial charge in [-0.25, -0.2) is 0 Å². The van der Waals surface area contributed by atoms with Gasteiger partial charge in [0.25, 0.3) is 17.5 Å². The van der Waals surface area contributed by atoms with Crippen LogP contribution in [-0.2, 0) is 11.0 Å². The summed E-state index contributed by atoms with van der Waals surface area (Å²) < 4.78 is 38.7. The number of amides is 2. The highest BCUT2D eigenvalue weighted by Gasteiger charge is 2.34. The molecule has 2 N–H and O–H groups in total. The summed E-state index contributed by atoms with van der Waals surface area (Å²) in [5.74, 6) is -0.981.